The molecule has 0 aliphatic carbocycles. The molecule has 30 heavy (non-hydrogen) atoms. The highest BCUT2D eigenvalue weighted by Gasteiger charge is 2.39. The maximum absolute atomic E-state index is 9.93. The first-order valence-corrected chi connectivity index (χ1v) is 10.4. The first-order chi connectivity index (χ1) is 14.7. The van der Waals surface area contributed by atoms with Crippen LogP contribution in [0.25, 0.3) is 0 Å². The third-order valence-corrected chi connectivity index (χ3v) is 5.51. The molecule has 0 fully saturated rings. The van der Waals surface area contributed by atoms with Crippen LogP contribution in [0, 0.1) is 0 Å². The summed E-state index contributed by atoms with van der Waals surface area (Å²) in [4.78, 5) is 0. The van der Waals surface area contributed by atoms with Gasteiger partial charge < -0.3 is 10.4 Å². The third kappa shape index (κ3) is 3.74. The molecule has 0 bridgehead atoms. The van der Waals surface area contributed by atoms with Crippen LogP contribution in [0.15, 0.2) is 103 Å². The van der Waals surface area contributed by atoms with E-state index in [1.54, 1.807) is 0 Å². The molecule has 3 aromatic carbocycles. The smallest absolute Gasteiger partial charge is 0.138 e. The van der Waals surface area contributed by atoms with Crippen molar-refractivity contribution >= 4 is 5.69 Å². The van der Waals surface area contributed by atoms with Gasteiger partial charge in [0.15, 0.2) is 0 Å². The van der Waals surface area contributed by atoms with E-state index in [0.717, 1.165) is 22.4 Å². The van der Waals surface area contributed by atoms with E-state index in [2.05, 4.69) is 78.1 Å². The van der Waals surface area contributed by atoms with Crippen LogP contribution in [0.4, 0.5) is 5.69 Å². The fourth-order valence-corrected chi connectivity index (χ4v) is 3.91. The molecule has 0 saturated carbocycles. The lowest BCUT2D eigenvalue weighted by Crippen LogP contribution is -2.38. The zero-order valence-corrected chi connectivity index (χ0v) is 17.1. The summed E-state index contributed by atoms with van der Waals surface area (Å²) < 4.78 is 2.02. The molecule has 0 spiro atoms. The number of anilines is 1. The van der Waals surface area contributed by atoms with E-state index in [4.69, 9.17) is 5.10 Å². The Morgan fingerprint density at radius 1 is 0.833 bits per heavy atom. The normalized spacial score (nSPS) is 12.5. The Kier molecular flexibility index (Phi) is 5.96. The van der Waals surface area contributed by atoms with Gasteiger partial charge in [0, 0.05) is 12.7 Å². The minimum Gasteiger partial charge on any atom is -0.391 e. The SMILES string of the molecule is CCC(O)CNc1cnn(C(c2ccccc2)(c2ccccc2)c2ccccc2)c1. The monoisotopic (exact) mass is 397 g/mol. The lowest BCUT2D eigenvalue weighted by molar-refractivity contribution is 0.183. The van der Waals surface area contributed by atoms with Gasteiger partial charge in [0.1, 0.15) is 5.54 Å². The average molecular weight is 398 g/mol. The average Bonchev–Trinajstić information content (AvgIpc) is 3.29. The van der Waals surface area contributed by atoms with Gasteiger partial charge in [-0.15, -0.1) is 0 Å². The molecule has 4 nitrogen and oxygen atoms in total. The highest BCUT2D eigenvalue weighted by atomic mass is 16.3. The summed E-state index contributed by atoms with van der Waals surface area (Å²) in [6, 6.07) is 31.4. The van der Waals surface area contributed by atoms with E-state index in [1.807, 2.05) is 42.2 Å². The zero-order valence-electron chi connectivity index (χ0n) is 17.1. The van der Waals surface area contributed by atoms with Crippen LogP contribution in [0.1, 0.15) is 30.0 Å². The summed E-state index contributed by atoms with van der Waals surface area (Å²) in [6.07, 6.45) is 4.18. The van der Waals surface area contributed by atoms with Crippen LogP contribution >= 0.6 is 0 Å². The van der Waals surface area contributed by atoms with Crippen molar-refractivity contribution in [2.24, 2.45) is 0 Å². The van der Waals surface area contributed by atoms with Crippen LogP contribution < -0.4 is 5.32 Å². The van der Waals surface area contributed by atoms with Gasteiger partial charge in [0.2, 0.25) is 0 Å². The number of rotatable bonds is 8. The topological polar surface area (TPSA) is 50.1 Å². The summed E-state index contributed by atoms with van der Waals surface area (Å²) in [7, 11) is 0. The van der Waals surface area contributed by atoms with Gasteiger partial charge in [-0.1, -0.05) is 97.9 Å². The number of hydrogen-bond donors (Lipinski definition) is 2. The van der Waals surface area contributed by atoms with Gasteiger partial charge in [-0.05, 0) is 23.1 Å². The number of hydrogen-bond acceptors (Lipinski definition) is 3. The molecular weight excluding hydrogens is 370 g/mol. The van der Waals surface area contributed by atoms with Crippen molar-refractivity contribution in [3.8, 4) is 0 Å². The maximum Gasteiger partial charge on any atom is 0.138 e. The van der Waals surface area contributed by atoms with Crippen molar-refractivity contribution in [2.45, 2.75) is 25.0 Å². The van der Waals surface area contributed by atoms with Crippen LogP contribution in [0.2, 0.25) is 0 Å². The number of benzene rings is 3. The van der Waals surface area contributed by atoms with Crippen LogP contribution in [-0.2, 0) is 5.54 Å². The lowest BCUT2D eigenvalue weighted by Gasteiger charge is -2.36. The second-order valence-electron chi connectivity index (χ2n) is 7.43. The van der Waals surface area contributed by atoms with Crippen LogP contribution in [0.3, 0.4) is 0 Å². The Bertz CT molecular complexity index is 949. The molecule has 0 saturated heterocycles. The Hall–Kier alpha value is -3.37. The van der Waals surface area contributed by atoms with Crippen LogP contribution in [0.5, 0.6) is 0 Å². The Balaban J connectivity index is 1.91. The van der Waals surface area contributed by atoms with Crippen molar-refractivity contribution in [1.29, 1.82) is 0 Å². The highest BCUT2D eigenvalue weighted by molar-refractivity contribution is 5.52. The minimum absolute atomic E-state index is 0.379. The van der Waals surface area contributed by atoms with Gasteiger partial charge in [-0.3, -0.25) is 4.68 Å². The quantitative estimate of drug-likeness (QED) is 0.416. The highest BCUT2D eigenvalue weighted by Crippen LogP contribution is 2.40. The summed E-state index contributed by atoms with van der Waals surface area (Å²) >= 11 is 0. The number of aromatic nitrogens is 2. The Morgan fingerprint density at radius 3 is 1.73 bits per heavy atom. The molecule has 0 aliphatic rings. The van der Waals surface area contributed by atoms with Crippen molar-refractivity contribution in [3.63, 3.8) is 0 Å². The first-order valence-electron chi connectivity index (χ1n) is 10.4. The maximum atomic E-state index is 9.93. The molecule has 1 unspecified atom stereocenters. The number of nitrogens with zero attached hydrogens (tertiary/aromatic N) is 2. The fourth-order valence-electron chi connectivity index (χ4n) is 3.91. The molecule has 4 heteroatoms. The largest absolute Gasteiger partial charge is 0.391 e. The summed E-state index contributed by atoms with van der Waals surface area (Å²) in [5.41, 5.74) is 3.66. The molecule has 1 atom stereocenters. The lowest BCUT2D eigenvalue weighted by atomic mass is 9.77. The second-order valence-corrected chi connectivity index (χ2v) is 7.43. The van der Waals surface area contributed by atoms with E-state index in [0.29, 0.717) is 13.0 Å². The van der Waals surface area contributed by atoms with Crippen molar-refractivity contribution < 1.29 is 5.11 Å². The van der Waals surface area contributed by atoms with E-state index in [1.165, 1.54) is 0 Å². The van der Waals surface area contributed by atoms with Gasteiger partial charge in [0.25, 0.3) is 0 Å². The molecule has 4 rings (SSSR count). The molecule has 0 aliphatic heterocycles. The first kappa shape index (κ1) is 19.9. The second kappa shape index (κ2) is 8.97. The fraction of sp³-hybridized carbons (Fsp3) is 0.192. The number of nitrogens with one attached hydrogen (secondary N) is 1. The molecule has 4 aromatic rings. The van der Waals surface area contributed by atoms with Gasteiger partial charge >= 0.3 is 0 Å². The Morgan fingerprint density at radius 2 is 1.30 bits per heavy atom. The Labute approximate surface area is 177 Å². The summed E-state index contributed by atoms with van der Waals surface area (Å²) in [5, 5.41) is 18.0. The van der Waals surface area contributed by atoms with E-state index < -0.39 is 5.54 Å². The molecule has 152 valence electrons. The number of aliphatic hydroxyl groups excluding tert-OH is 1. The van der Waals surface area contributed by atoms with Gasteiger partial charge in [-0.25, -0.2) is 0 Å². The summed E-state index contributed by atoms with van der Waals surface area (Å²) in [5.74, 6) is 0. The van der Waals surface area contributed by atoms with Crippen molar-refractivity contribution in [2.75, 3.05) is 11.9 Å². The minimum atomic E-state index is -0.618. The predicted octanol–water partition coefficient (Wildman–Crippen LogP) is 4.91. The molecule has 0 radical (unpaired) electrons. The zero-order chi connectivity index (χ0) is 20.8. The molecule has 1 aromatic heterocycles. The van der Waals surface area contributed by atoms with E-state index in [9.17, 15) is 5.11 Å². The van der Waals surface area contributed by atoms with Gasteiger partial charge in [0.05, 0.1) is 18.0 Å². The van der Waals surface area contributed by atoms with Crippen LogP contribution in [-0.4, -0.2) is 27.5 Å². The van der Waals surface area contributed by atoms with E-state index >= 15 is 0 Å². The predicted molar refractivity (Wildman–Crippen MR) is 122 cm³/mol. The molecular formula is C26H27N3O. The number of aliphatic hydroxyl groups is 1. The third-order valence-electron chi connectivity index (χ3n) is 5.51. The molecule has 2 N–H and O–H groups in total. The van der Waals surface area contributed by atoms with Crippen molar-refractivity contribution in [3.05, 3.63) is 120 Å². The van der Waals surface area contributed by atoms with Gasteiger partial charge in [-0.2, -0.15) is 5.10 Å². The molecule has 0 amide bonds. The molecule has 1 heterocycles. The standard InChI is InChI=1S/C26H27N3O/c1-2-25(30)19-27-24-18-28-29(20-24)26(21-12-6-3-7-13-21,22-14-8-4-9-15-22)23-16-10-5-11-17-23/h3-18,20,25,27,30H,2,19H2,1H3. The van der Waals surface area contributed by atoms with E-state index in [-0.39, 0.29) is 6.10 Å². The summed E-state index contributed by atoms with van der Waals surface area (Å²) in [6.45, 7) is 2.47. The van der Waals surface area contributed by atoms with Crippen molar-refractivity contribution in [1.82, 2.24) is 9.78 Å².